The Morgan fingerprint density at radius 1 is 1.44 bits per heavy atom. The summed E-state index contributed by atoms with van der Waals surface area (Å²) in [5.74, 6) is -0.201. The maximum absolute atomic E-state index is 11.6. The van der Waals surface area contributed by atoms with Gasteiger partial charge in [-0.1, -0.05) is 18.2 Å². The average molecular weight is 245 g/mol. The molecule has 0 aliphatic heterocycles. The molecule has 5 nitrogen and oxygen atoms in total. The summed E-state index contributed by atoms with van der Waals surface area (Å²) in [6.07, 6.45) is 2.88. The van der Waals surface area contributed by atoms with E-state index in [2.05, 4.69) is 15.6 Å². The van der Waals surface area contributed by atoms with Crippen molar-refractivity contribution in [3.8, 4) is 0 Å². The Balaban J connectivity index is 2.25. The van der Waals surface area contributed by atoms with E-state index < -0.39 is 6.04 Å². The van der Waals surface area contributed by atoms with Crippen LogP contribution >= 0.6 is 0 Å². The Labute approximate surface area is 105 Å². The van der Waals surface area contributed by atoms with E-state index in [9.17, 15) is 9.59 Å². The molecule has 1 aromatic carbocycles. The number of nitrogens with one attached hydrogen (secondary N) is 3. The molecule has 0 aliphatic rings. The van der Waals surface area contributed by atoms with E-state index in [-0.39, 0.29) is 5.91 Å². The minimum absolute atomic E-state index is 0.201. The molecule has 2 rings (SSSR count). The van der Waals surface area contributed by atoms with Gasteiger partial charge in [-0.05, 0) is 11.6 Å². The third-order valence-corrected chi connectivity index (χ3v) is 2.93. The highest BCUT2D eigenvalue weighted by Gasteiger charge is 2.18. The summed E-state index contributed by atoms with van der Waals surface area (Å²) in [7, 11) is 1.55. The van der Waals surface area contributed by atoms with Gasteiger partial charge >= 0.3 is 0 Å². The normalized spacial score (nSPS) is 12.1. The third-order valence-electron chi connectivity index (χ3n) is 2.93. The number of aromatic amines is 1. The zero-order valence-electron chi connectivity index (χ0n) is 10.1. The van der Waals surface area contributed by atoms with Gasteiger partial charge < -0.3 is 15.6 Å². The summed E-state index contributed by atoms with van der Waals surface area (Å²) in [6.45, 7) is 0. The van der Waals surface area contributed by atoms with Crippen molar-refractivity contribution >= 4 is 23.2 Å². The second kappa shape index (κ2) is 5.35. The quantitative estimate of drug-likeness (QED) is 0.674. The van der Waals surface area contributed by atoms with Crippen LogP contribution in [0.4, 0.5) is 0 Å². The second-order valence-corrected chi connectivity index (χ2v) is 4.01. The Hall–Kier alpha value is -2.30. The van der Waals surface area contributed by atoms with Gasteiger partial charge in [0, 0.05) is 30.6 Å². The van der Waals surface area contributed by atoms with Crippen LogP contribution < -0.4 is 10.6 Å². The number of H-pyrrole nitrogens is 1. The van der Waals surface area contributed by atoms with Crippen LogP contribution in [0.5, 0.6) is 0 Å². The van der Waals surface area contributed by atoms with Gasteiger partial charge in [0.25, 0.3) is 0 Å². The van der Waals surface area contributed by atoms with Crippen LogP contribution in [0, 0.1) is 0 Å². The Kier molecular flexibility index (Phi) is 3.62. The summed E-state index contributed by atoms with van der Waals surface area (Å²) in [5, 5.41) is 6.14. The molecule has 0 saturated carbocycles. The van der Waals surface area contributed by atoms with Crippen LogP contribution in [0.1, 0.15) is 5.56 Å². The number of carbonyl (C=O) groups is 2. The van der Waals surface area contributed by atoms with E-state index in [4.69, 9.17) is 0 Å². The summed E-state index contributed by atoms with van der Waals surface area (Å²) in [5.41, 5.74) is 2.03. The smallest absolute Gasteiger partial charge is 0.242 e. The van der Waals surface area contributed by atoms with Crippen molar-refractivity contribution in [1.29, 1.82) is 0 Å². The molecule has 3 N–H and O–H groups in total. The molecule has 0 aliphatic carbocycles. The Morgan fingerprint density at radius 3 is 2.94 bits per heavy atom. The molecule has 1 atom stereocenters. The number of likely N-dealkylation sites (N-methyl/N-ethyl adjacent to an activating group) is 1. The number of amides is 2. The Bertz CT molecular complexity index is 562. The lowest BCUT2D eigenvalue weighted by Crippen LogP contribution is -2.43. The lowest BCUT2D eigenvalue weighted by atomic mass is 10.0. The third kappa shape index (κ3) is 2.34. The maximum Gasteiger partial charge on any atom is 0.242 e. The monoisotopic (exact) mass is 245 g/mol. The number of hydrogen-bond acceptors (Lipinski definition) is 2. The molecular weight excluding hydrogens is 230 g/mol. The highest BCUT2D eigenvalue weighted by Crippen LogP contribution is 2.18. The van der Waals surface area contributed by atoms with Gasteiger partial charge in [-0.15, -0.1) is 0 Å². The van der Waals surface area contributed by atoms with E-state index >= 15 is 0 Å². The number of rotatable bonds is 5. The number of aromatic nitrogens is 1. The van der Waals surface area contributed by atoms with Gasteiger partial charge in [0.15, 0.2) is 0 Å². The summed E-state index contributed by atoms with van der Waals surface area (Å²) < 4.78 is 0. The van der Waals surface area contributed by atoms with Crippen LogP contribution in [-0.4, -0.2) is 30.4 Å². The van der Waals surface area contributed by atoms with Crippen LogP contribution in [0.3, 0.4) is 0 Å². The highest BCUT2D eigenvalue weighted by atomic mass is 16.2. The molecule has 0 bridgehead atoms. The van der Waals surface area contributed by atoms with Gasteiger partial charge in [0.05, 0.1) is 0 Å². The van der Waals surface area contributed by atoms with Crippen molar-refractivity contribution in [2.24, 2.45) is 0 Å². The van der Waals surface area contributed by atoms with Gasteiger partial charge in [-0.3, -0.25) is 9.59 Å². The van der Waals surface area contributed by atoms with E-state index in [1.54, 1.807) is 7.05 Å². The fourth-order valence-electron chi connectivity index (χ4n) is 2.00. The molecule has 0 unspecified atom stereocenters. The van der Waals surface area contributed by atoms with Crippen molar-refractivity contribution in [3.05, 3.63) is 36.0 Å². The molecule has 94 valence electrons. The highest BCUT2D eigenvalue weighted by molar-refractivity contribution is 5.87. The molecule has 0 radical (unpaired) electrons. The minimum atomic E-state index is -0.549. The number of benzene rings is 1. The average Bonchev–Trinajstić information content (AvgIpc) is 2.81. The molecule has 0 spiro atoms. The lowest BCUT2D eigenvalue weighted by molar-refractivity contribution is -0.124. The summed E-state index contributed by atoms with van der Waals surface area (Å²) >= 11 is 0. The van der Waals surface area contributed by atoms with Crippen molar-refractivity contribution < 1.29 is 9.59 Å². The molecule has 18 heavy (non-hydrogen) atoms. The first-order valence-electron chi connectivity index (χ1n) is 5.72. The standard InChI is InChI=1S/C13H15N3O2/c1-14-13(18)12(16-8-17)6-9-7-15-11-5-3-2-4-10(9)11/h2-5,7-8,12,15H,6H2,1H3,(H,14,18)(H,16,17)/t12-/m0/s1. The van der Waals surface area contributed by atoms with E-state index in [1.165, 1.54) is 0 Å². The van der Waals surface area contributed by atoms with E-state index in [1.807, 2.05) is 30.5 Å². The summed E-state index contributed by atoms with van der Waals surface area (Å²) in [4.78, 5) is 25.3. The lowest BCUT2D eigenvalue weighted by Gasteiger charge is -2.13. The summed E-state index contributed by atoms with van der Waals surface area (Å²) in [6, 6.07) is 7.31. The molecule has 1 heterocycles. The topological polar surface area (TPSA) is 74.0 Å². The first-order valence-corrected chi connectivity index (χ1v) is 5.72. The number of para-hydroxylation sites is 1. The minimum Gasteiger partial charge on any atom is -0.361 e. The second-order valence-electron chi connectivity index (χ2n) is 4.01. The maximum atomic E-state index is 11.6. The van der Waals surface area contributed by atoms with Crippen molar-refractivity contribution in [1.82, 2.24) is 15.6 Å². The van der Waals surface area contributed by atoms with Crippen molar-refractivity contribution in [2.75, 3.05) is 7.05 Å². The first-order chi connectivity index (χ1) is 8.76. The fourth-order valence-corrected chi connectivity index (χ4v) is 2.00. The van der Waals surface area contributed by atoms with E-state index in [0.717, 1.165) is 16.5 Å². The largest absolute Gasteiger partial charge is 0.361 e. The van der Waals surface area contributed by atoms with Crippen LogP contribution in [0.2, 0.25) is 0 Å². The van der Waals surface area contributed by atoms with Crippen LogP contribution in [-0.2, 0) is 16.0 Å². The van der Waals surface area contributed by atoms with E-state index in [0.29, 0.717) is 12.8 Å². The molecule has 1 aromatic heterocycles. The molecule has 0 fully saturated rings. The first kappa shape index (κ1) is 12.2. The fraction of sp³-hybridized carbons (Fsp3) is 0.231. The van der Waals surface area contributed by atoms with Crippen LogP contribution in [0.25, 0.3) is 10.9 Å². The number of hydrogen-bond donors (Lipinski definition) is 3. The SMILES string of the molecule is CNC(=O)[C@H](Cc1c[nH]c2ccccc12)NC=O. The van der Waals surface area contributed by atoms with Crippen molar-refractivity contribution in [3.63, 3.8) is 0 Å². The molecule has 5 heteroatoms. The van der Waals surface area contributed by atoms with Crippen molar-refractivity contribution in [2.45, 2.75) is 12.5 Å². The predicted molar refractivity (Wildman–Crippen MR) is 69.1 cm³/mol. The van der Waals surface area contributed by atoms with Gasteiger partial charge in [-0.2, -0.15) is 0 Å². The molecule has 2 amide bonds. The zero-order valence-corrected chi connectivity index (χ0v) is 10.1. The molecular formula is C13H15N3O2. The number of carbonyl (C=O) groups excluding carboxylic acids is 2. The van der Waals surface area contributed by atoms with Gasteiger partial charge in [-0.25, -0.2) is 0 Å². The molecule has 0 saturated heterocycles. The zero-order chi connectivity index (χ0) is 13.0. The predicted octanol–water partition coefficient (Wildman–Crippen LogP) is 0.571. The van der Waals surface area contributed by atoms with Gasteiger partial charge in [0.2, 0.25) is 12.3 Å². The van der Waals surface area contributed by atoms with Gasteiger partial charge in [0.1, 0.15) is 6.04 Å². The Morgan fingerprint density at radius 2 is 2.22 bits per heavy atom. The molecule has 2 aromatic rings. The number of fused-ring (bicyclic) bond motifs is 1. The van der Waals surface area contributed by atoms with Crippen LogP contribution in [0.15, 0.2) is 30.5 Å².